The van der Waals surface area contributed by atoms with Gasteiger partial charge in [-0.2, -0.15) is 0 Å². The van der Waals surface area contributed by atoms with E-state index in [2.05, 4.69) is 4.98 Å². The van der Waals surface area contributed by atoms with Crippen molar-refractivity contribution in [2.75, 3.05) is 20.8 Å². The number of amides is 1. The maximum atomic E-state index is 12.1. The number of hydroxylamine groups is 2. The van der Waals surface area contributed by atoms with Crippen LogP contribution in [0.4, 0.5) is 0 Å². The van der Waals surface area contributed by atoms with Crippen molar-refractivity contribution in [3.05, 3.63) is 53.9 Å². The van der Waals surface area contributed by atoms with Gasteiger partial charge in [0.15, 0.2) is 11.5 Å². The third-order valence-electron chi connectivity index (χ3n) is 3.19. The molecule has 0 aliphatic heterocycles. The Kier molecular flexibility index (Phi) is 5.94. The second-order valence-electron chi connectivity index (χ2n) is 4.72. The summed E-state index contributed by atoms with van der Waals surface area (Å²) in [7, 11) is 2.99. The molecule has 0 aliphatic carbocycles. The Morgan fingerprint density at radius 1 is 1.13 bits per heavy atom. The third kappa shape index (κ3) is 4.43. The molecule has 0 fully saturated rings. The molecule has 1 aromatic carbocycles. The summed E-state index contributed by atoms with van der Waals surface area (Å²) in [5.41, 5.74) is 1.47. The normalized spacial score (nSPS) is 10.2. The number of carbonyl (C=O) groups excluding carboxylic acids is 1. The topological polar surface area (TPSA) is 60.9 Å². The van der Waals surface area contributed by atoms with Gasteiger partial charge < -0.3 is 9.47 Å². The van der Waals surface area contributed by atoms with E-state index in [0.717, 1.165) is 10.6 Å². The third-order valence-corrected chi connectivity index (χ3v) is 3.19. The van der Waals surface area contributed by atoms with Crippen LogP contribution in [0, 0.1) is 0 Å². The molecule has 0 spiro atoms. The molecule has 1 heterocycles. The van der Waals surface area contributed by atoms with E-state index in [0.29, 0.717) is 30.3 Å². The fourth-order valence-electron chi connectivity index (χ4n) is 1.93. The van der Waals surface area contributed by atoms with Gasteiger partial charge in [-0.15, -0.1) is 0 Å². The van der Waals surface area contributed by atoms with E-state index in [-0.39, 0.29) is 5.91 Å². The Hall–Kier alpha value is -2.60. The van der Waals surface area contributed by atoms with Gasteiger partial charge in [-0.3, -0.25) is 14.6 Å². The fraction of sp³-hybridized carbons (Fsp3) is 0.294. The molecule has 1 aromatic heterocycles. The van der Waals surface area contributed by atoms with Gasteiger partial charge >= 0.3 is 0 Å². The molecule has 6 heteroatoms. The smallest absolute Gasteiger partial charge is 0.277 e. The predicted octanol–water partition coefficient (Wildman–Crippen LogP) is 2.69. The van der Waals surface area contributed by atoms with Gasteiger partial charge in [0.2, 0.25) is 0 Å². The summed E-state index contributed by atoms with van der Waals surface area (Å²) in [5.74, 6) is 0.853. The molecule has 0 atom stereocenters. The zero-order valence-corrected chi connectivity index (χ0v) is 13.5. The molecule has 0 saturated heterocycles. The number of rotatable bonds is 7. The lowest BCUT2D eigenvalue weighted by molar-refractivity contribution is -0.0757. The van der Waals surface area contributed by atoms with Crippen molar-refractivity contribution < 1.29 is 19.1 Å². The maximum absolute atomic E-state index is 12.1. The van der Waals surface area contributed by atoms with E-state index >= 15 is 0 Å². The molecule has 0 radical (unpaired) electrons. The van der Waals surface area contributed by atoms with Gasteiger partial charge in [0.1, 0.15) is 6.61 Å². The molecule has 0 unspecified atom stereocenters. The summed E-state index contributed by atoms with van der Waals surface area (Å²) in [6.07, 6.45) is 3.43. The summed E-state index contributed by atoms with van der Waals surface area (Å²) in [6, 6.07) is 8.83. The first-order chi connectivity index (χ1) is 11.2. The number of carbonyl (C=O) groups is 1. The molecule has 6 nitrogen and oxygen atoms in total. The van der Waals surface area contributed by atoms with Crippen LogP contribution in [-0.4, -0.2) is 36.7 Å². The van der Waals surface area contributed by atoms with Gasteiger partial charge in [-0.1, -0.05) is 0 Å². The van der Waals surface area contributed by atoms with Crippen molar-refractivity contribution in [2.24, 2.45) is 0 Å². The zero-order chi connectivity index (χ0) is 16.7. The van der Waals surface area contributed by atoms with Crippen molar-refractivity contribution >= 4 is 5.91 Å². The number of ether oxygens (including phenoxy) is 2. The number of nitrogens with zero attached hydrogens (tertiary/aromatic N) is 2. The highest BCUT2D eigenvalue weighted by Gasteiger charge is 2.15. The molecular formula is C17H20N2O4. The molecule has 1 amide bonds. The number of pyridine rings is 1. The average molecular weight is 316 g/mol. The standard InChI is InChI=1S/C17H20N2O4/c1-4-22-16-11-14(17(20)19(2)21-3)5-6-15(16)23-12-13-7-9-18-10-8-13/h5-11H,4,12H2,1-3H3. The monoisotopic (exact) mass is 316 g/mol. The number of aromatic nitrogens is 1. The lowest BCUT2D eigenvalue weighted by Gasteiger charge is -2.16. The van der Waals surface area contributed by atoms with Gasteiger partial charge in [0.05, 0.1) is 13.7 Å². The SMILES string of the molecule is CCOc1cc(C(=O)N(C)OC)ccc1OCc1ccncc1. The van der Waals surface area contributed by atoms with E-state index in [1.165, 1.54) is 7.11 Å². The molecule has 0 bridgehead atoms. The lowest BCUT2D eigenvalue weighted by Crippen LogP contribution is -2.25. The van der Waals surface area contributed by atoms with E-state index in [9.17, 15) is 4.79 Å². The first kappa shape index (κ1) is 16.8. The van der Waals surface area contributed by atoms with Crippen LogP contribution >= 0.6 is 0 Å². The summed E-state index contributed by atoms with van der Waals surface area (Å²) >= 11 is 0. The second kappa shape index (κ2) is 8.14. The minimum atomic E-state index is -0.255. The highest BCUT2D eigenvalue weighted by molar-refractivity contribution is 5.94. The van der Waals surface area contributed by atoms with Crippen LogP contribution in [0.2, 0.25) is 0 Å². The Balaban J connectivity index is 2.17. The lowest BCUT2D eigenvalue weighted by atomic mass is 10.2. The molecule has 122 valence electrons. The summed E-state index contributed by atoms with van der Waals surface area (Å²) in [4.78, 5) is 21.0. The Morgan fingerprint density at radius 3 is 2.52 bits per heavy atom. The summed E-state index contributed by atoms with van der Waals surface area (Å²) < 4.78 is 11.4. The van der Waals surface area contributed by atoms with Gasteiger partial charge in [-0.25, -0.2) is 5.06 Å². The van der Waals surface area contributed by atoms with Crippen LogP contribution in [-0.2, 0) is 11.4 Å². The van der Waals surface area contributed by atoms with E-state index < -0.39 is 0 Å². The van der Waals surface area contributed by atoms with Crippen LogP contribution in [0.25, 0.3) is 0 Å². The maximum Gasteiger partial charge on any atom is 0.277 e. The van der Waals surface area contributed by atoms with Crippen molar-refractivity contribution in [1.29, 1.82) is 0 Å². The minimum absolute atomic E-state index is 0.255. The van der Waals surface area contributed by atoms with Crippen LogP contribution < -0.4 is 9.47 Å². The molecule has 0 saturated carbocycles. The molecule has 23 heavy (non-hydrogen) atoms. The van der Waals surface area contributed by atoms with Crippen molar-refractivity contribution in [3.63, 3.8) is 0 Å². The van der Waals surface area contributed by atoms with Gasteiger partial charge in [-0.05, 0) is 42.8 Å². The number of hydrogen-bond donors (Lipinski definition) is 0. The second-order valence-corrected chi connectivity index (χ2v) is 4.72. The first-order valence-electron chi connectivity index (χ1n) is 7.26. The highest BCUT2D eigenvalue weighted by atomic mass is 16.7. The van der Waals surface area contributed by atoms with E-state index in [1.807, 2.05) is 19.1 Å². The molecular weight excluding hydrogens is 296 g/mol. The van der Waals surface area contributed by atoms with Crippen molar-refractivity contribution in [3.8, 4) is 11.5 Å². The number of hydrogen-bond acceptors (Lipinski definition) is 5. The number of benzene rings is 1. The largest absolute Gasteiger partial charge is 0.490 e. The zero-order valence-electron chi connectivity index (χ0n) is 13.5. The van der Waals surface area contributed by atoms with Gasteiger partial charge in [0.25, 0.3) is 5.91 Å². The predicted molar refractivity (Wildman–Crippen MR) is 85.3 cm³/mol. The van der Waals surface area contributed by atoms with Crippen molar-refractivity contribution in [1.82, 2.24) is 10.0 Å². The quantitative estimate of drug-likeness (QED) is 0.735. The van der Waals surface area contributed by atoms with Crippen LogP contribution in [0.15, 0.2) is 42.7 Å². The Bertz CT molecular complexity index is 646. The van der Waals surface area contributed by atoms with E-state index in [4.69, 9.17) is 14.3 Å². The Labute approximate surface area is 135 Å². The summed E-state index contributed by atoms with van der Waals surface area (Å²) in [5, 5.41) is 1.16. The van der Waals surface area contributed by atoms with Crippen LogP contribution in [0.1, 0.15) is 22.8 Å². The molecule has 0 aliphatic rings. The first-order valence-corrected chi connectivity index (χ1v) is 7.26. The van der Waals surface area contributed by atoms with Gasteiger partial charge in [0, 0.05) is 25.0 Å². The minimum Gasteiger partial charge on any atom is -0.490 e. The Morgan fingerprint density at radius 2 is 1.87 bits per heavy atom. The molecule has 2 aromatic rings. The highest BCUT2D eigenvalue weighted by Crippen LogP contribution is 2.29. The van der Waals surface area contributed by atoms with Crippen LogP contribution in [0.3, 0.4) is 0 Å². The average Bonchev–Trinajstić information content (AvgIpc) is 2.60. The fourth-order valence-corrected chi connectivity index (χ4v) is 1.93. The molecule has 2 rings (SSSR count). The molecule has 0 N–H and O–H groups in total. The van der Waals surface area contributed by atoms with E-state index in [1.54, 1.807) is 37.6 Å². The van der Waals surface area contributed by atoms with Crippen molar-refractivity contribution in [2.45, 2.75) is 13.5 Å². The summed E-state index contributed by atoms with van der Waals surface area (Å²) in [6.45, 7) is 2.75. The van der Waals surface area contributed by atoms with Crippen LogP contribution in [0.5, 0.6) is 11.5 Å².